The van der Waals surface area contributed by atoms with Crippen molar-refractivity contribution in [1.82, 2.24) is 19.9 Å². The van der Waals surface area contributed by atoms with E-state index in [4.69, 9.17) is 9.15 Å². The van der Waals surface area contributed by atoms with Gasteiger partial charge >= 0.3 is 0 Å². The van der Waals surface area contributed by atoms with Gasteiger partial charge < -0.3 is 14.1 Å². The van der Waals surface area contributed by atoms with Gasteiger partial charge in [-0.15, -0.1) is 0 Å². The van der Waals surface area contributed by atoms with Gasteiger partial charge in [-0.25, -0.2) is 15.0 Å². The molecule has 2 aromatic heterocycles. The van der Waals surface area contributed by atoms with Gasteiger partial charge in [0, 0.05) is 51.8 Å². The molecule has 4 rings (SSSR count). The minimum atomic E-state index is 0.0819. The van der Waals surface area contributed by atoms with Crippen molar-refractivity contribution >= 4 is 16.6 Å². The van der Waals surface area contributed by atoms with Crippen LogP contribution in [-0.4, -0.2) is 58.7 Å². The van der Waals surface area contributed by atoms with Crippen molar-refractivity contribution in [1.29, 1.82) is 0 Å². The van der Waals surface area contributed by atoms with Crippen LogP contribution in [0.15, 0.2) is 35.1 Å². The number of ether oxygens (including phenoxy) is 1. The lowest BCUT2D eigenvalue weighted by molar-refractivity contribution is 0.235. The Bertz CT molecular complexity index is 931. The van der Waals surface area contributed by atoms with E-state index in [1.54, 1.807) is 6.33 Å². The summed E-state index contributed by atoms with van der Waals surface area (Å²) in [6.07, 6.45) is 4.39. The highest BCUT2D eigenvalue weighted by Gasteiger charge is 2.18. The Balaban J connectivity index is 1.40. The summed E-state index contributed by atoms with van der Waals surface area (Å²) < 4.78 is 11.4. The van der Waals surface area contributed by atoms with Crippen LogP contribution in [0.5, 0.6) is 5.88 Å². The Kier molecular flexibility index (Phi) is 5.43. The molecule has 0 spiro atoms. The van der Waals surface area contributed by atoms with Gasteiger partial charge in [-0.2, -0.15) is 0 Å². The molecule has 1 aliphatic heterocycles. The number of aryl methyl sites for hydroxylation is 1. The third kappa shape index (κ3) is 4.25. The first-order valence-electron chi connectivity index (χ1n) is 9.88. The zero-order chi connectivity index (χ0) is 19.5. The second-order valence-electron chi connectivity index (χ2n) is 7.47. The standard InChI is InChI=1S/C21H27N5O2/c1-15(2)27-21-19-12-17(4-5-20(19)23-14-24-21)26-10-8-25(9-11-26)7-6-18-13-22-16(3)28-18/h4-5,12-15H,6-11H2,1-3H3. The minimum Gasteiger partial charge on any atom is -0.474 e. The molecule has 7 nitrogen and oxygen atoms in total. The lowest BCUT2D eigenvalue weighted by Crippen LogP contribution is -2.47. The highest BCUT2D eigenvalue weighted by atomic mass is 16.5. The first kappa shape index (κ1) is 18.7. The number of benzene rings is 1. The van der Waals surface area contributed by atoms with E-state index in [-0.39, 0.29) is 6.10 Å². The summed E-state index contributed by atoms with van der Waals surface area (Å²) in [6, 6.07) is 6.35. The maximum Gasteiger partial charge on any atom is 0.224 e. The van der Waals surface area contributed by atoms with Crippen molar-refractivity contribution in [2.45, 2.75) is 33.3 Å². The van der Waals surface area contributed by atoms with Crippen LogP contribution in [0, 0.1) is 6.92 Å². The van der Waals surface area contributed by atoms with Crippen LogP contribution in [0.25, 0.3) is 10.9 Å². The van der Waals surface area contributed by atoms with Crippen LogP contribution in [0.1, 0.15) is 25.5 Å². The van der Waals surface area contributed by atoms with E-state index in [1.165, 1.54) is 5.69 Å². The molecule has 1 fully saturated rings. The lowest BCUT2D eigenvalue weighted by atomic mass is 10.1. The monoisotopic (exact) mass is 381 g/mol. The molecule has 0 unspecified atom stereocenters. The lowest BCUT2D eigenvalue weighted by Gasteiger charge is -2.36. The Morgan fingerprint density at radius 2 is 1.93 bits per heavy atom. The van der Waals surface area contributed by atoms with Crippen LogP contribution in [-0.2, 0) is 6.42 Å². The Morgan fingerprint density at radius 1 is 1.11 bits per heavy atom. The van der Waals surface area contributed by atoms with Crippen LogP contribution >= 0.6 is 0 Å². The normalized spacial score (nSPS) is 15.5. The molecule has 3 aromatic rings. The average Bonchev–Trinajstić information content (AvgIpc) is 3.12. The van der Waals surface area contributed by atoms with Crippen molar-refractivity contribution in [3.63, 3.8) is 0 Å². The molecule has 0 N–H and O–H groups in total. The number of aromatic nitrogens is 3. The average molecular weight is 381 g/mol. The van der Waals surface area contributed by atoms with Crippen LogP contribution < -0.4 is 9.64 Å². The van der Waals surface area contributed by atoms with Crippen molar-refractivity contribution in [3.05, 3.63) is 42.4 Å². The summed E-state index contributed by atoms with van der Waals surface area (Å²) in [7, 11) is 0. The number of piperazine rings is 1. The Hall–Kier alpha value is -2.67. The van der Waals surface area contributed by atoms with Crippen LogP contribution in [0.2, 0.25) is 0 Å². The number of rotatable bonds is 6. The quantitative estimate of drug-likeness (QED) is 0.650. The molecule has 0 amide bonds. The van der Waals surface area contributed by atoms with E-state index < -0.39 is 0 Å². The molecule has 0 bridgehead atoms. The smallest absolute Gasteiger partial charge is 0.224 e. The summed E-state index contributed by atoms with van der Waals surface area (Å²) in [5, 5.41) is 0.969. The fraction of sp³-hybridized carbons (Fsp3) is 0.476. The third-order valence-electron chi connectivity index (χ3n) is 5.01. The Labute approximate surface area is 165 Å². The second kappa shape index (κ2) is 8.14. The van der Waals surface area contributed by atoms with Gasteiger partial charge in [-0.05, 0) is 32.0 Å². The highest BCUT2D eigenvalue weighted by Crippen LogP contribution is 2.28. The van der Waals surface area contributed by atoms with Gasteiger partial charge in [-0.1, -0.05) is 0 Å². The first-order valence-corrected chi connectivity index (χ1v) is 9.88. The van der Waals surface area contributed by atoms with E-state index in [2.05, 4.69) is 43.0 Å². The van der Waals surface area contributed by atoms with Gasteiger partial charge in [0.1, 0.15) is 12.1 Å². The summed E-state index contributed by atoms with van der Waals surface area (Å²) in [5.41, 5.74) is 2.11. The molecule has 148 valence electrons. The molecule has 28 heavy (non-hydrogen) atoms. The summed E-state index contributed by atoms with van der Waals surface area (Å²) >= 11 is 0. The maximum absolute atomic E-state index is 5.87. The molecule has 1 saturated heterocycles. The number of hydrogen-bond acceptors (Lipinski definition) is 7. The van der Waals surface area contributed by atoms with Gasteiger partial charge in [0.2, 0.25) is 5.88 Å². The summed E-state index contributed by atoms with van der Waals surface area (Å²) in [5.74, 6) is 2.36. The van der Waals surface area contributed by atoms with Gasteiger partial charge in [0.15, 0.2) is 5.89 Å². The number of anilines is 1. The first-order chi connectivity index (χ1) is 13.6. The molecule has 0 atom stereocenters. The molecule has 0 radical (unpaired) electrons. The number of fused-ring (bicyclic) bond motifs is 1. The van der Waals surface area contributed by atoms with Crippen molar-refractivity contribution in [2.75, 3.05) is 37.6 Å². The highest BCUT2D eigenvalue weighted by molar-refractivity contribution is 5.86. The number of nitrogens with zero attached hydrogens (tertiary/aromatic N) is 5. The number of hydrogen-bond donors (Lipinski definition) is 0. The van der Waals surface area contributed by atoms with E-state index in [9.17, 15) is 0 Å². The van der Waals surface area contributed by atoms with E-state index in [0.29, 0.717) is 5.88 Å². The zero-order valence-corrected chi connectivity index (χ0v) is 16.8. The summed E-state index contributed by atoms with van der Waals surface area (Å²) in [4.78, 5) is 17.8. The van der Waals surface area contributed by atoms with Crippen LogP contribution in [0.3, 0.4) is 0 Å². The van der Waals surface area contributed by atoms with E-state index in [1.807, 2.05) is 27.0 Å². The van der Waals surface area contributed by atoms with Gasteiger partial charge in [-0.3, -0.25) is 4.90 Å². The van der Waals surface area contributed by atoms with Gasteiger partial charge in [0.05, 0.1) is 23.2 Å². The maximum atomic E-state index is 5.87. The fourth-order valence-corrected chi connectivity index (χ4v) is 3.55. The molecular weight excluding hydrogens is 354 g/mol. The molecule has 1 aliphatic rings. The summed E-state index contributed by atoms with van der Waals surface area (Å²) in [6.45, 7) is 11.0. The zero-order valence-electron chi connectivity index (χ0n) is 16.8. The van der Waals surface area contributed by atoms with E-state index >= 15 is 0 Å². The molecule has 3 heterocycles. The van der Waals surface area contributed by atoms with Crippen LogP contribution in [0.4, 0.5) is 5.69 Å². The second-order valence-corrected chi connectivity index (χ2v) is 7.47. The topological polar surface area (TPSA) is 67.5 Å². The Morgan fingerprint density at radius 3 is 2.64 bits per heavy atom. The predicted molar refractivity (Wildman–Crippen MR) is 109 cm³/mol. The van der Waals surface area contributed by atoms with Crippen molar-refractivity contribution < 1.29 is 9.15 Å². The third-order valence-corrected chi connectivity index (χ3v) is 5.01. The van der Waals surface area contributed by atoms with E-state index in [0.717, 1.165) is 61.7 Å². The number of oxazole rings is 1. The van der Waals surface area contributed by atoms with Gasteiger partial charge in [0.25, 0.3) is 0 Å². The molecular formula is C21H27N5O2. The molecule has 1 aromatic carbocycles. The largest absolute Gasteiger partial charge is 0.474 e. The minimum absolute atomic E-state index is 0.0819. The van der Waals surface area contributed by atoms with Crippen molar-refractivity contribution in [2.24, 2.45) is 0 Å². The van der Waals surface area contributed by atoms with Crippen molar-refractivity contribution in [3.8, 4) is 5.88 Å². The molecule has 0 saturated carbocycles. The SMILES string of the molecule is Cc1ncc(CCN2CCN(c3ccc4ncnc(OC(C)C)c4c3)CC2)o1. The fourth-order valence-electron chi connectivity index (χ4n) is 3.55. The molecule has 0 aliphatic carbocycles. The molecule has 7 heteroatoms. The predicted octanol–water partition coefficient (Wildman–Crippen LogP) is 3.08.